The van der Waals surface area contributed by atoms with Crippen LogP contribution in [0.1, 0.15) is 30.0 Å². The van der Waals surface area contributed by atoms with Crippen LogP contribution in [0.25, 0.3) is 16.6 Å². The van der Waals surface area contributed by atoms with Gasteiger partial charge in [-0.1, -0.05) is 13.8 Å². The molecule has 0 aliphatic carbocycles. The van der Waals surface area contributed by atoms with Gasteiger partial charge in [-0.25, -0.2) is 4.98 Å². The van der Waals surface area contributed by atoms with Crippen LogP contribution in [0.4, 0.5) is 18.9 Å². The lowest BCUT2D eigenvalue weighted by atomic mass is 10.1. The zero-order valence-electron chi connectivity index (χ0n) is 16.1. The number of ketones is 1. The van der Waals surface area contributed by atoms with Crippen molar-refractivity contribution in [3.8, 4) is 11.4 Å². The maximum Gasteiger partial charge on any atom is 0.573 e. The van der Waals surface area contributed by atoms with E-state index < -0.39 is 23.5 Å². The number of aromatic nitrogens is 2. The highest BCUT2D eigenvalue weighted by Gasteiger charge is 2.34. The van der Waals surface area contributed by atoms with Crippen LogP contribution < -0.4 is 15.6 Å². The van der Waals surface area contributed by atoms with Crippen molar-refractivity contribution in [2.45, 2.75) is 20.2 Å². The molecule has 2 aromatic carbocycles. The number of fused-ring (bicyclic) bond motifs is 4. The van der Waals surface area contributed by atoms with Crippen molar-refractivity contribution >= 4 is 22.4 Å². The molecule has 7 nitrogen and oxygen atoms in total. The molecule has 4 rings (SSSR count). The number of rotatable bonds is 4. The molecule has 0 fully saturated rings. The lowest BCUT2D eigenvalue weighted by molar-refractivity contribution is -0.274. The Balaban J connectivity index is 0.00000124. The number of aliphatic hydroxyl groups excluding tert-OH is 1. The highest BCUT2D eigenvalue weighted by molar-refractivity contribution is 6.13. The second kappa shape index (κ2) is 8.15. The fraction of sp³-hybridized carbons (Fsp3) is 0.250. The van der Waals surface area contributed by atoms with Crippen molar-refractivity contribution in [2.75, 3.05) is 18.5 Å². The van der Waals surface area contributed by atoms with Crippen LogP contribution in [0.3, 0.4) is 0 Å². The number of ether oxygens (including phenoxy) is 1. The Labute approximate surface area is 168 Å². The number of alkyl halides is 3. The summed E-state index contributed by atoms with van der Waals surface area (Å²) in [5.41, 5.74) is 0.399. The number of nitrogens with one attached hydrogen (secondary N) is 1. The van der Waals surface area contributed by atoms with Gasteiger partial charge in [-0.3, -0.25) is 14.2 Å². The Morgan fingerprint density at radius 2 is 1.87 bits per heavy atom. The van der Waals surface area contributed by atoms with Crippen molar-refractivity contribution < 1.29 is 27.8 Å². The summed E-state index contributed by atoms with van der Waals surface area (Å²) in [5.74, 6) is -1.41. The zero-order valence-corrected chi connectivity index (χ0v) is 16.1. The summed E-state index contributed by atoms with van der Waals surface area (Å²) in [6, 6.07) is 7.91. The number of hydrogen-bond acceptors (Lipinski definition) is 6. The van der Waals surface area contributed by atoms with Gasteiger partial charge in [-0.05, 0) is 36.4 Å². The molecule has 0 atom stereocenters. The normalized spacial score (nSPS) is 12.1. The molecular formula is C20H18F3N3O4. The number of benzene rings is 2. The van der Waals surface area contributed by atoms with E-state index in [1.807, 2.05) is 13.8 Å². The number of aliphatic hydroxyl groups is 1. The standard InChI is InChI=1S/C18H12F3N3O4.C2H6/c19-18(20,21)28-10-2-4-14-12(8-10)15(26)16-23-13-7-9(22-5-6-25)1-3-11(13)17(27)24(14)16;1-2/h1-4,7-8,22,25H,5-6H2;1-2H3. The van der Waals surface area contributed by atoms with Crippen molar-refractivity contribution in [2.24, 2.45) is 0 Å². The molecule has 3 aromatic rings. The third kappa shape index (κ3) is 3.86. The zero-order chi connectivity index (χ0) is 22.1. The van der Waals surface area contributed by atoms with Gasteiger partial charge in [0.25, 0.3) is 5.56 Å². The Morgan fingerprint density at radius 3 is 2.53 bits per heavy atom. The predicted octanol–water partition coefficient (Wildman–Crippen LogP) is 3.26. The molecule has 0 spiro atoms. The SMILES string of the molecule is CC.O=C1c2cc(OC(F)(F)F)ccc2-n2c1nc1cc(NCCO)ccc1c2=O. The second-order valence-corrected chi connectivity index (χ2v) is 6.01. The van der Waals surface area contributed by atoms with Gasteiger partial charge in [-0.2, -0.15) is 0 Å². The maximum absolute atomic E-state index is 12.9. The van der Waals surface area contributed by atoms with E-state index in [2.05, 4.69) is 15.0 Å². The van der Waals surface area contributed by atoms with Crippen molar-refractivity contribution in [3.05, 3.63) is 58.1 Å². The quantitative estimate of drug-likeness (QED) is 0.526. The largest absolute Gasteiger partial charge is 0.573 e. The summed E-state index contributed by atoms with van der Waals surface area (Å²) in [6.45, 7) is 4.20. The van der Waals surface area contributed by atoms with E-state index >= 15 is 0 Å². The molecule has 0 saturated carbocycles. The van der Waals surface area contributed by atoms with Crippen LogP contribution in [0.2, 0.25) is 0 Å². The number of hydrogen-bond donors (Lipinski definition) is 2. The van der Waals surface area contributed by atoms with Crippen LogP contribution in [0.5, 0.6) is 5.75 Å². The average molecular weight is 421 g/mol. The Morgan fingerprint density at radius 1 is 1.13 bits per heavy atom. The lowest BCUT2D eigenvalue weighted by Gasteiger charge is -2.10. The highest BCUT2D eigenvalue weighted by atomic mass is 19.4. The summed E-state index contributed by atoms with van der Waals surface area (Å²) >= 11 is 0. The summed E-state index contributed by atoms with van der Waals surface area (Å²) < 4.78 is 42.2. The minimum Gasteiger partial charge on any atom is -0.406 e. The van der Waals surface area contributed by atoms with E-state index in [9.17, 15) is 22.8 Å². The second-order valence-electron chi connectivity index (χ2n) is 6.01. The summed E-state index contributed by atoms with van der Waals surface area (Å²) in [6.07, 6.45) is -4.90. The van der Waals surface area contributed by atoms with E-state index in [1.54, 1.807) is 12.1 Å². The van der Waals surface area contributed by atoms with Gasteiger partial charge in [0.1, 0.15) is 5.75 Å². The molecular weight excluding hydrogens is 403 g/mol. The number of nitrogens with zero attached hydrogens (tertiary/aromatic N) is 2. The van der Waals surface area contributed by atoms with E-state index in [-0.39, 0.29) is 34.6 Å². The van der Waals surface area contributed by atoms with Crippen LogP contribution in [-0.4, -0.2) is 40.0 Å². The van der Waals surface area contributed by atoms with Crippen molar-refractivity contribution in [1.82, 2.24) is 9.55 Å². The predicted molar refractivity (Wildman–Crippen MR) is 104 cm³/mol. The van der Waals surface area contributed by atoms with Gasteiger partial charge in [0.05, 0.1) is 28.8 Å². The van der Waals surface area contributed by atoms with Gasteiger partial charge in [0.2, 0.25) is 5.78 Å². The number of halogens is 3. The van der Waals surface area contributed by atoms with Gasteiger partial charge in [-0.15, -0.1) is 13.2 Å². The summed E-state index contributed by atoms with van der Waals surface area (Å²) in [5, 5.41) is 12.1. The first-order valence-electron chi connectivity index (χ1n) is 9.15. The van der Waals surface area contributed by atoms with Crippen molar-refractivity contribution in [3.63, 3.8) is 0 Å². The fourth-order valence-corrected chi connectivity index (χ4v) is 3.08. The van der Waals surface area contributed by atoms with Crippen molar-refractivity contribution in [1.29, 1.82) is 0 Å². The first-order valence-corrected chi connectivity index (χ1v) is 9.15. The minimum absolute atomic E-state index is 0.0889. The van der Waals surface area contributed by atoms with Gasteiger partial charge in [0.15, 0.2) is 5.82 Å². The van der Waals surface area contributed by atoms with E-state index in [4.69, 9.17) is 5.11 Å². The number of carbonyl (C=O) groups excluding carboxylic acids is 1. The molecule has 0 radical (unpaired) electrons. The molecule has 1 aliphatic rings. The number of carbonyl (C=O) groups is 1. The Bertz CT molecular complexity index is 1170. The molecule has 2 heterocycles. The maximum atomic E-state index is 12.9. The van der Waals surface area contributed by atoms with Crippen LogP contribution in [-0.2, 0) is 0 Å². The summed E-state index contributed by atoms with van der Waals surface area (Å²) in [7, 11) is 0. The fourth-order valence-electron chi connectivity index (χ4n) is 3.08. The topological polar surface area (TPSA) is 93.5 Å². The van der Waals surface area contributed by atoms with Crippen LogP contribution in [0, 0.1) is 0 Å². The highest BCUT2D eigenvalue weighted by Crippen LogP contribution is 2.32. The Hall–Kier alpha value is -3.40. The van der Waals surface area contributed by atoms with Crippen LogP contribution >= 0.6 is 0 Å². The first-order chi connectivity index (χ1) is 14.3. The molecule has 0 saturated heterocycles. The van der Waals surface area contributed by atoms with Gasteiger partial charge < -0.3 is 15.2 Å². The number of anilines is 1. The summed E-state index contributed by atoms with van der Waals surface area (Å²) in [4.78, 5) is 29.8. The molecule has 1 aliphatic heterocycles. The Kier molecular flexibility index (Phi) is 5.79. The molecule has 0 unspecified atom stereocenters. The lowest BCUT2D eigenvalue weighted by Crippen LogP contribution is -2.21. The van der Waals surface area contributed by atoms with Crippen LogP contribution in [0.15, 0.2) is 41.2 Å². The molecule has 0 amide bonds. The minimum atomic E-state index is -4.90. The first kappa shape index (κ1) is 21.3. The molecule has 2 N–H and O–H groups in total. The third-order valence-corrected chi connectivity index (χ3v) is 4.20. The van der Waals surface area contributed by atoms with E-state index in [0.29, 0.717) is 12.2 Å². The molecule has 158 valence electrons. The molecule has 0 bridgehead atoms. The molecule has 10 heteroatoms. The average Bonchev–Trinajstić information content (AvgIpc) is 2.98. The smallest absolute Gasteiger partial charge is 0.406 e. The molecule has 30 heavy (non-hydrogen) atoms. The van der Waals surface area contributed by atoms with E-state index in [1.165, 1.54) is 12.1 Å². The van der Waals surface area contributed by atoms with Gasteiger partial charge >= 0.3 is 6.36 Å². The van der Waals surface area contributed by atoms with Gasteiger partial charge in [0, 0.05) is 12.2 Å². The third-order valence-electron chi connectivity index (χ3n) is 4.20. The molecule has 1 aromatic heterocycles. The van der Waals surface area contributed by atoms with E-state index in [0.717, 1.165) is 16.7 Å². The monoisotopic (exact) mass is 421 g/mol.